The minimum absolute atomic E-state index is 0.131. The largest absolute Gasteiger partial charge is 0.442 e. The summed E-state index contributed by atoms with van der Waals surface area (Å²) in [4.78, 5) is 36.5. The first-order valence-corrected chi connectivity index (χ1v) is 8.65. The summed E-state index contributed by atoms with van der Waals surface area (Å²) < 4.78 is 10.2. The smallest absolute Gasteiger partial charge is 0.359 e. The fourth-order valence-electron chi connectivity index (χ4n) is 2.21. The number of ether oxygens (including phenoxy) is 2. The normalized spacial score (nSPS) is 11.5. The molecule has 2 aromatic rings. The van der Waals surface area contributed by atoms with Crippen LogP contribution in [-0.4, -0.2) is 17.9 Å². The summed E-state index contributed by atoms with van der Waals surface area (Å²) in [7, 11) is 0. The van der Waals surface area contributed by atoms with Crippen molar-refractivity contribution in [3.8, 4) is 0 Å². The Balaban J connectivity index is 2.17. The van der Waals surface area contributed by atoms with Gasteiger partial charge in [-0.2, -0.15) is 0 Å². The Hall–Kier alpha value is -2.66. The zero-order valence-electron chi connectivity index (χ0n) is 14.3. The molecule has 0 aliphatic rings. The lowest BCUT2D eigenvalue weighted by Crippen LogP contribution is -2.24. The summed E-state index contributed by atoms with van der Waals surface area (Å²) in [5, 5.41) is 0.369. The highest BCUT2D eigenvalue weighted by molar-refractivity contribution is 6.30. The van der Waals surface area contributed by atoms with Crippen molar-refractivity contribution in [2.24, 2.45) is 0 Å². The molecule has 0 amide bonds. The molecule has 0 radical (unpaired) electrons. The fraction of sp³-hybridized carbons (Fsp3) is 0.250. The molecular formula is C20H19ClO5. The van der Waals surface area contributed by atoms with Gasteiger partial charge in [-0.05, 0) is 24.6 Å². The minimum atomic E-state index is -1.34. The first kappa shape index (κ1) is 19.7. The third-order valence-electron chi connectivity index (χ3n) is 3.55. The average molecular weight is 375 g/mol. The molecule has 0 saturated carbocycles. The summed E-state index contributed by atoms with van der Waals surface area (Å²) >= 11 is 5.88. The van der Waals surface area contributed by atoms with Gasteiger partial charge >= 0.3 is 17.9 Å². The summed E-state index contributed by atoms with van der Waals surface area (Å²) in [6.45, 7) is 1.93. The maximum atomic E-state index is 12.4. The van der Waals surface area contributed by atoms with Crippen LogP contribution in [0.2, 0.25) is 5.02 Å². The topological polar surface area (TPSA) is 69.7 Å². The lowest BCUT2D eigenvalue weighted by atomic mass is 10.1. The summed E-state index contributed by atoms with van der Waals surface area (Å²) in [6.07, 6.45) is 0.208. The fourth-order valence-corrected chi connectivity index (χ4v) is 2.40. The lowest BCUT2D eigenvalue weighted by molar-refractivity contribution is -0.166. The standard InChI is InChI=1S/C20H19ClO5/c1-2-3-12-17(22)25-20(24)18(14-8-5-4-6-9-14)26-19(23)15-10-7-11-16(21)13-15/h4-11,13,18H,2-3,12H2,1H3. The summed E-state index contributed by atoms with van der Waals surface area (Å²) in [6, 6.07) is 14.6. The van der Waals surface area contributed by atoms with Gasteiger partial charge in [-0.25, -0.2) is 9.59 Å². The van der Waals surface area contributed by atoms with E-state index in [2.05, 4.69) is 0 Å². The van der Waals surface area contributed by atoms with E-state index in [4.69, 9.17) is 21.1 Å². The third-order valence-corrected chi connectivity index (χ3v) is 3.79. The first-order valence-electron chi connectivity index (χ1n) is 8.27. The number of carbonyl (C=O) groups excluding carboxylic acids is 3. The number of hydrogen-bond acceptors (Lipinski definition) is 5. The Bertz CT molecular complexity index is 773. The zero-order valence-corrected chi connectivity index (χ0v) is 15.1. The molecule has 1 unspecified atom stereocenters. The van der Waals surface area contributed by atoms with Crippen LogP contribution < -0.4 is 0 Å². The molecule has 136 valence electrons. The average Bonchev–Trinajstić information content (AvgIpc) is 2.64. The quantitative estimate of drug-likeness (QED) is 0.527. The van der Waals surface area contributed by atoms with Crippen molar-refractivity contribution in [1.29, 1.82) is 0 Å². The molecule has 0 aromatic heterocycles. The molecule has 0 N–H and O–H groups in total. The molecule has 6 heteroatoms. The Morgan fingerprint density at radius 3 is 2.42 bits per heavy atom. The molecule has 0 spiro atoms. The van der Waals surface area contributed by atoms with Crippen LogP contribution in [0.5, 0.6) is 0 Å². The first-order chi connectivity index (χ1) is 12.5. The van der Waals surface area contributed by atoms with Gasteiger partial charge in [-0.3, -0.25) is 4.79 Å². The van der Waals surface area contributed by atoms with Crippen LogP contribution in [-0.2, 0) is 19.1 Å². The van der Waals surface area contributed by atoms with E-state index >= 15 is 0 Å². The van der Waals surface area contributed by atoms with Crippen molar-refractivity contribution in [3.05, 3.63) is 70.7 Å². The number of hydrogen-bond donors (Lipinski definition) is 0. The molecule has 1 atom stereocenters. The molecule has 0 saturated heterocycles. The lowest BCUT2D eigenvalue weighted by Gasteiger charge is -2.16. The Labute approximate surface area is 156 Å². The van der Waals surface area contributed by atoms with Gasteiger partial charge in [0, 0.05) is 17.0 Å². The van der Waals surface area contributed by atoms with Gasteiger partial charge in [0.15, 0.2) is 0 Å². The Kier molecular flexibility index (Phi) is 7.36. The van der Waals surface area contributed by atoms with Crippen molar-refractivity contribution in [2.75, 3.05) is 0 Å². The van der Waals surface area contributed by atoms with Crippen LogP contribution in [0.4, 0.5) is 0 Å². The van der Waals surface area contributed by atoms with E-state index in [-0.39, 0.29) is 12.0 Å². The summed E-state index contributed by atoms with van der Waals surface area (Å²) in [5.74, 6) is -2.30. The van der Waals surface area contributed by atoms with Gasteiger partial charge in [0.1, 0.15) is 0 Å². The van der Waals surface area contributed by atoms with Crippen molar-refractivity contribution in [3.63, 3.8) is 0 Å². The van der Waals surface area contributed by atoms with E-state index in [0.29, 0.717) is 17.0 Å². The highest BCUT2D eigenvalue weighted by Gasteiger charge is 2.29. The van der Waals surface area contributed by atoms with E-state index in [0.717, 1.165) is 6.42 Å². The van der Waals surface area contributed by atoms with Crippen molar-refractivity contribution in [1.82, 2.24) is 0 Å². The molecule has 0 bridgehead atoms. The maximum Gasteiger partial charge on any atom is 0.359 e. The number of esters is 3. The number of unbranched alkanes of at least 4 members (excludes halogenated alkanes) is 1. The second-order valence-electron chi connectivity index (χ2n) is 5.60. The van der Waals surface area contributed by atoms with E-state index in [1.165, 1.54) is 12.1 Å². The second kappa shape index (κ2) is 9.73. The van der Waals surface area contributed by atoms with E-state index in [1.807, 2.05) is 6.92 Å². The highest BCUT2D eigenvalue weighted by atomic mass is 35.5. The van der Waals surface area contributed by atoms with Gasteiger partial charge in [-0.15, -0.1) is 0 Å². The number of carbonyl (C=O) groups is 3. The van der Waals surface area contributed by atoms with Crippen LogP contribution in [0.3, 0.4) is 0 Å². The Morgan fingerprint density at radius 1 is 1.04 bits per heavy atom. The van der Waals surface area contributed by atoms with E-state index in [9.17, 15) is 14.4 Å². The predicted molar refractivity (Wildman–Crippen MR) is 96.7 cm³/mol. The van der Waals surface area contributed by atoms with E-state index < -0.39 is 24.0 Å². The number of halogens is 1. The third kappa shape index (κ3) is 5.70. The van der Waals surface area contributed by atoms with Gasteiger partial charge in [0.05, 0.1) is 5.56 Å². The molecular weight excluding hydrogens is 356 g/mol. The molecule has 0 aliphatic heterocycles. The van der Waals surface area contributed by atoms with Gasteiger partial charge in [0.25, 0.3) is 0 Å². The summed E-state index contributed by atoms with van der Waals surface area (Å²) in [5.41, 5.74) is 0.611. The van der Waals surface area contributed by atoms with E-state index in [1.54, 1.807) is 42.5 Å². The van der Waals surface area contributed by atoms with Gasteiger partial charge < -0.3 is 9.47 Å². The molecule has 5 nitrogen and oxygen atoms in total. The van der Waals surface area contributed by atoms with Gasteiger partial charge in [-0.1, -0.05) is 61.3 Å². The number of benzene rings is 2. The Morgan fingerprint density at radius 2 is 1.77 bits per heavy atom. The van der Waals surface area contributed by atoms with Gasteiger partial charge in [0.2, 0.25) is 6.10 Å². The molecule has 26 heavy (non-hydrogen) atoms. The van der Waals surface area contributed by atoms with Crippen LogP contribution >= 0.6 is 11.6 Å². The monoisotopic (exact) mass is 374 g/mol. The molecule has 0 heterocycles. The molecule has 0 fully saturated rings. The van der Waals surface area contributed by atoms with Crippen molar-refractivity contribution in [2.45, 2.75) is 32.3 Å². The van der Waals surface area contributed by atoms with Crippen LogP contribution in [0.15, 0.2) is 54.6 Å². The van der Waals surface area contributed by atoms with Crippen molar-refractivity contribution < 1.29 is 23.9 Å². The second-order valence-corrected chi connectivity index (χ2v) is 6.04. The predicted octanol–water partition coefficient (Wildman–Crippen LogP) is 4.50. The highest BCUT2D eigenvalue weighted by Crippen LogP contribution is 2.22. The SMILES string of the molecule is CCCCC(=O)OC(=O)C(OC(=O)c1cccc(Cl)c1)c1ccccc1. The van der Waals surface area contributed by atoms with Crippen LogP contribution in [0.25, 0.3) is 0 Å². The maximum absolute atomic E-state index is 12.4. The number of rotatable bonds is 7. The molecule has 2 aromatic carbocycles. The zero-order chi connectivity index (χ0) is 18.9. The van der Waals surface area contributed by atoms with Crippen LogP contribution in [0, 0.1) is 0 Å². The molecule has 0 aliphatic carbocycles. The van der Waals surface area contributed by atoms with Crippen LogP contribution in [0.1, 0.15) is 48.2 Å². The molecule has 2 rings (SSSR count). The minimum Gasteiger partial charge on any atom is -0.442 e. The van der Waals surface area contributed by atoms with Crippen molar-refractivity contribution >= 4 is 29.5 Å².